The lowest BCUT2D eigenvalue weighted by molar-refractivity contribution is -0.150. The molecule has 0 atom stereocenters. The molecule has 4 nitrogen and oxygen atoms in total. The van der Waals surface area contributed by atoms with Gasteiger partial charge in [0.2, 0.25) is 0 Å². The van der Waals surface area contributed by atoms with E-state index in [1.165, 1.54) is 0 Å². The highest BCUT2D eigenvalue weighted by atomic mass is 32.1. The predicted molar refractivity (Wildman–Crippen MR) is 67.1 cm³/mol. The molecular formula is C12H18N2O2S. The number of aryl methyl sites for hydroxylation is 1. The average molecular weight is 254 g/mol. The van der Waals surface area contributed by atoms with E-state index in [1.54, 1.807) is 11.3 Å². The van der Waals surface area contributed by atoms with Crippen LogP contribution < -0.4 is 0 Å². The van der Waals surface area contributed by atoms with Gasteiger partial charge in [0.15, 0.2) is 0 Å². The van der Waals surface area contributed by atoms with E-state index < -0.39 is 11.4 Å². The molecule has 17 heavy (non-hydrogen) atoms. The van der Waals surface area contributed by atoms with Gasteiger partial charge in [0.05, 0.1) is 12.0 Å². The fourth-order valence-electron chi connectivity index (χ4n) is 2.09. The van der Waals surface area contributed by atoms with E-state index >= 15 is 0 Å². The third-order valence-electron chi connectivity index (χ3n) is 3.50. The first-order valence-electron chi connectivity index (χ1n) is 5.86. The fourth-order valence-corrected chi connectivity index (χ4v) is 2.90. The van der Waals surface area contributed by atoms with E-state index in [0.29, 0.717) is 0 Å². The average Bonchev–Trinajstić information content (AvgIpc) is 2.67. The smallest absolute Gasteiger partial charge is 0.309 e. The van der Waals surface area contributed by atoms with Crippen LogP contribution in [-0.2, 0) is 11.3 Å². The van der Waals surface area contributed by atoms with Crippen molar-refractivity contribution < 1.29 is 9.90 Å². The number of thiazole rings is 1. The molecular weight excluding hydrogens is 236 g/mol. The standard InChI is InChI=1S/C12H18N2O2S/c1-9-8-17-10(13-9)7-14-5-3-12(2,4-6-14)11(15)16/h8H,3-7H2,1-2H3,(H,15,16). The van der Waals surface area contributed by atoms with Gasteiger partial charge in [-0.15, -0.1) is 11.3 Å². The van der Waals surface area contributed by atoms with Crippen LogP contribution in [0.4, 0.5) is 0 Å². The third kappa shape index (κ3) is 2.84. The molecule has 1 fully saturated rings. The zero-order valence-corrected chi connectivity index (χ0v) is 11.1. The molecule has 0 bridgehead atoms. The molecule has 0 unspecified atom stereocenters. The summed E-state index contributed by atoms with van der Waals surface area (Å²) in [5.74, 6) is -0.665. The number of likely N-dealkylation sites (tertiary alicyclic amines) is 1. The Balaban J connectivity index is 1.89. The molecule has 1 aliphatic rings. The third-order valence-corrected chi connectivity index (χ3v) is 4.45. The van der Waals surface area contributed by atoms with Gasteiger partial charge in [-0.25, -0.2) is 4.98 Å². The minimum atomic E-state index is -0.665. The van der Waals surface area contributed by atoms with Gasteiger partial charge >= 0.3 is 5.97 Å². The van der Waals surface area contributed by atoms with E-state index in [0.717, 1.165) is 43.2 Å². The number of hydrogen-bond donors (Lipinski definition) is 1. The van der Waals surface area contributed by atoms with Crippen molar-refractivity contribution in [1.82, 2.24) is 9.88 Å². The van der Waals surface area contributed by atoms with Crippen molar-refractivity contribution in [1.29, 1.82) is 0 Å². The van der Waals surface area contributed by atoms with Gasteiger partial charge in [-0.2, -0.15) is 0 Å². The minimum Gasteiger partial charge on any atom is -0.481 e. The van der Waals surface area contributed by atoms with Crippen LogP contribution >= 0.6 is 11.3 Å². The molecule has 2 heterocycles. The van der Waals surface area contributed by atoms with E-state index in [9.17, 15) is 4.79 Å². The molecule has 0 aromatic carbocycles. The Morgan fingerprint density at radius 1 is 1.59 bits per heavy atom. The zero-order valence-electron chi connectivity index (χ0n) is 10.3. The zero-order chi connectivity index (χ0) is 12.5. The molecule has 94 valence electrons. The second kappa shape index (κ2) is 4.74. The lowest BCUT2D eigenvalue weighted by Crippen LogP contribution is -2.42. The SMILES string of the molecule is Cc1csc(CN2CCC(C)(C(=O)O)CC2)n1. The van der Waals surface area contributed by atoms with Crippen molar-refractivity contribution in [2.24, 2.45) is 5.41 Å². The van der Waals surface area contributed by atoms with Gasteiger partial charge in [0.25, 0.3) is 0 Å². The summed E-state index contributed by atoms with van der Waals surface area (Å²) in [4.78, 5) is 17.8. The van der Waals surface area contributed by atoms with Gasteiger partial charge in [0.1, 0.15) is 5.01 Å². The Labute approximate surface area is 105 Å². The summed E-state index contributed by atoms with van der Waals surface area (Å²) >= 11 is 1.68. The van der Waals surface area contributed by atoms with Crippen LogP contribution in [0.5, 0.6) is 0 Å². The first-order valence-corrected chi connectivity index (χ1v) is 6.74. The molecule has 1 aromatic rings. The molecule has 0 spiro atoms. The van der Waals surface area contributed by atoms with Crippen LogP contribution in [0.15, 0.2) is 5.38 Å². The fraction of sp³-hybridized carbons (Fsp3) is 0.667. The monoisotopic (exact) mass is 254 g/mol. The maximum atomic E-state index is 11.1. The summed E-state index contributed by atoms with van der Waals surface area (Å²) in [5.41, 5.74) is 0.535. The first-order chi connectivity index (χ1) is 7.99. The second-order valence-electron chi connectivity index (χ2n) is 5.02. The molecule has 0 amide bonds. The number of nitrogens with zero attached hydrogens (tertiary/aromatic N) is 2. The van der Waals surface area contributed by atoms with Gasteiger partial charge in [-0.05, 0) is 39.8 Å². The van der Waals surface area contributed by atoms with Gasteiger partial charge in [0, 0.05) is 11.1 Å². The van der Waals surface area contributed by atoms with Crippen molar-refractivity contribution in [3.8, 4) is 0 Å². The number of carboxylic acids is 1. The molecule has 2 rings (SSSR count). The highest BCUT2D eigenvalue weighted by Crippen LogP contribution is 2.31. The van der Waals surface area contributed by atoms with Crippen molar-refractivity contribution >= 4 is 17.3 Å². The maximum absolute atomic E-state index is 11.1. The van der Waals surface area contributed by atoms with Crippen LogP contribution in [0.3, 0.4) is 0 Å². The van der Waals surface area contributed by atoms with E-state index in [4.69, 9.17) is 5.11 Å². The maximum Gasteiger partial charge on any atom is 0.309 e. The quantitative estimate of drug-likeness (QED) is 0.898. The van der Waals surface area contributed by atoms with Gasteiger partial charge in [-0.3, -0.25) is 9.69 Å². The number of piperidine rings is 1. The largest absolute Gasteiger partial charge is 0.481 e. The summed E-state index contributed by atoms with van der Waals surface area (Å²) in [5, 5.41) is 12.3. The molecule has 1 aliphatic heterocycles. The lowest BCUT2D eigenvalue weighted by Gasteiger charge is -2.35. The van der Waals surface area contributed by atoms with Crippen LogP contribution in [0.1, 0.15) is 30.5 Å². The number of hydrogen-bond acceptors (Lipinski definition) is 4. The number of aromatic nitrogens is 1. The van der Waals surface area contributed by atoms with Crippen LogP contribution in [-0.4, -0.2) is 34.0 Å². The van der Waals surface area contributed by atoms with Crippen molar-refractivity contribution in [2.75, 3.05) is 13.1 Å². The number of rotatable bonds is 3. The summed E-state index contributed by atoms with van der Waals surface area (Å²) < 4.78 is 0. The van der Waals surface area contributed by atoms with Gasteiger partial charge < -0.3 is 5.11 Å². The number of aliphatic carboxylic acids is 1. The summed E-state index contributed by atoms with van der Waals surface area (Å²) in [6, 6.07) is 0. The number of carbonyl (C=O) groups is 1. The van der Waals surface area contributed by atoms with E-state index in [-0.39, 0.29) is 0 Å². The Kier molecular flexibility index (Phi) is 3.49. The normalized spacial score (nSPS) is 20.4. The van der Waals surface area contributed by atoms with E-state index in [2.05, 4.69) is 15.3 Å². The Bertz CT molecular complexity index is 408. The highest BCUT2D eigenvalue weighted by molar-refractivity contribution is 7.09. The Morgan fingerprint density at radius 3 is 2.71 bits per heavy atom. The molecule has 5 heteroatoms. The first kappa shape index (κ1) is 12.5. The van der Waals surface area contributed by atoms with E-state index in [1.807, 2.05) is 13.8 Å². The number of carboxylic acid groups (broad SMARTS) is 1. The Hall–Kier alpha value is -0.940. The molecule has 1 N–H and O–H groups in total. The van der Waals surface area contributed by atoms with Crippen LogP contribution in [0, 0.1) is 12.3 Å². The molecule has 1 aromatic heterocycles. The molecule has 0 saturated carbocycles. The van der Waals surface area contributed by atoms with Gasteiger partial charge in [-0.1, -0.05) is 0 Å². The van der Waals surface area contributed by atoms with Crippen LogP contribution in [0.25, 0.3) is 0 Å². The van der Waals surface area contributed by atoms with Crippen molar-refractivity contribution in [3.05, 3.63) is 16.1 Å². The lowest BCUT2D eigenvalue weighted by atomic mass is 9.80. The Morgan fingerprint density at radius 2 is 2.24 bits per heavy atom. The molecule has 0 radical (unpaired) electrons. The highest BCUT2D eigenvalue weighted by Gasteiger charge is 2.36. The minimum absolute atomic E-state index is 0.532. The van der Waals surface area contributed by atoms with Crippen molar-refractivity contribution in [3.63, 3.8) is 0 Å². The summed E-state index contributed by atoms with van der Waals surface area (Å²) in [6.45, 7) is 6.40. The topological polar surface area (TPSA) is 53.4 Å². The summed E-state index contributed by atoms with van der Waals surface area (Å²) in [7, 11) is 0. The molecule has 0 aliphatic carbocycles. The summed E-state index contributed by atoms with van der Waals surface area (Å²) in [6.07, 6.45) is 1.46. The second-order valence-corrected chi connectivity index (χ2v) is 5.97. The van der Waals surface area contributed by atoms with Crippen molar-refractivity contribution in [2.45, 2.75) is 33.2 Å². The predicted octanol–water partition coefficient (Wildman–Crippen LogP) is 2.14. The van der Waals surface area contributed by atoms with Crippen LogP contribution in [0.2, 0.25) is 0 Å². The molecule has 1 saturated heterocycles.